The van der Waals surface area contributed by atoms with Gasteiger partial charge in [0.2, 0.25) is 0 Å². The molecule has 1 atom stereocenters. The van der Waals surface area contributed by atoms with Crippen LogP contribution in [0, 0.1) is 0 Å². The fourth-order valence-electron chi connectivity index (χ4n) is 2.61. The van der Waals surface area contributed by atoms with Gasteiger partial charge in [-0.3, -0.25) is 0 Å². The van der Waals surface area contributed by atoms with Crippen LogP contribution in [0.1, 0.15) is 12.8 Å². The van der Waals surface area contributed by atoms with E-state index in [4.69, 9.17) is 68.5 Å². The zero-order chi connectivity index (χ0) is 16.2. The van der Waals surface area contributed by atoms with Crippen LogP contribution in [-0.2, 0) is 0 Å². The summed E-state index contributed by atoms with van der Waals surface area (Å²) in [6.07, 6.45) is 8.95. The third kappa shape index (κ3) is 2.37. The normalized spacial score (nSPS) is 34.6. The van der Waals surface area contributed by atoms with Crippen molar-refractivity contribution in [3.8, 4) is 0 Å². The molecular formula is C10H10Cl6N3P3. The van der Waals surface area contributed by atoms with Crippen LogP contribution in [0.5, 0.6) is 0 Å². The Balaban J connectivity index is 2.33. The van der Waals surface area contributed by atoms with E-state index in [0.29, 0.717) is 12.8 Å². The Bertz CT molecular complexity index is 666. The number of hydrogen-bond donors (Lipinski definition) is 0. The summed E-state index contributed by atoms with van der Waals surface area (Å²) in [6.45, 7) is 0. The van der Waals surface area contributed by atoms with E-state index >= 15 is 0 Å². The molecule has 0 spiro atoms. The second kappa shape index (κ2) is 6.15. The van der Waals surface area contributed by atoms with Crippen molar-refractivity contribution in [2.24, 2.45) is 4.52 Å². The minimum atomic E-state index is -3.87. The predicted octanol–water partition coefficient (Wildman–Crippen LogP) is 9.03. The molecule has 2 aliphatic carbocycles. The fraction of sp³-hybridized carbons (Fsp3) is 0.200. The van der Waals surface area contributed by atoms with Gasteiger partial charge in [-0.2, -0.15) is 0 Å². The molecule has 12 heteroatoms. The number of hydrogen-bond acceptors (Lipinski definition) is 3. The summed E-state index contributed by atoms with van der Waals surface area (Å²) < 4.78 is 6.82. The first-order valence-electron chi connectivity index (χ1n) is 6.10. The van der Waals surface area contributed by atoms with Crippen LogP contribution in [-0.4, -0.2) is 7.92 Å². The first kappa shape index (κ1) is 18.5. The van der Waals surface area contributed by atoms with Crippen molar-refractivity contribution in [3.05, 3.63) is 47.1 Å². The van der Waals surface area contributed by atoms with Gasteiger partial charge in [0.05, 0.1) is 0 Å². The van der Waals surface area contributed by atoms with Crippen molar-refractivity contribution < 1.29 is 0 Å². The standard InChI is InChI=1S/C10H10Cl6N3P3/c11-18-20(13)17-21(14,15)19(12)22(18,16,9-5-1-2-6-9)10-7-3-4-8-10/h1-5,7H,6,8H2. The second-order valence-electron chi connectivity index (χ2n) is 4.77. The van der Waals surface area contributed by atoms with Crippen LogP contribution in [0.25, 0.3) is 0 Å². The van der Waals surface area contributed by atoms with Gasteiger partial charge < -0.3 is 0 Å². The molecule has 0 bridgehead atoms. The van der Waals surface area contributed by atoms with Crippen molar-refractivity contribution in [1.82, 2.24) is 7.92 Å². The molecule has 0 fully saturated rings. The van der Waals surface area contributed by atoms with Gasteiger partial charge in [0.15, 0.2) is 0 Å². The summed E-state index contributed by atoms with van der Waals surface area (Å²) in [4.78, 5) is 0. The molecule has 0 aromatic heterocycles. The van der Waals surface area contributed by atoms with Crippen molar-refractivity contribution in [2.45, 2.75) is 12.8 Å². The summed E-state index contributed by atoms with van der Waals surface area (Å²) in [6, 6.07) is 0. The molecule has 0 aromatic rings. The third-order valence-corrected chi connectivity index (χ3v) is 24.0. The van der Waals surface area contributed by atoms with Gasteiger partial charge in [0.1, 0.15) is 0 Å². The monoisotopic (exact) mass is 475 g/mol. The minimum absolute atomic E-state index is 0.610. The van der Waals surface area contributed by atoms with Crippen LogP contribution in [0.4, 0.5) is 0 Å². The van der Waals surface area contributed by atoms with E-state index in [1.54, 1.807) is 0 Å². The number of rotatable bonds is 2. The molecule has 0 saturated carbocycles. The SMILES string of the molecule is ClN1P(Cl)N=P(Cl)(Cl)N(Cl)P1(Cl)(C1=CC=CC1)C1=CC=CC1. The molecule has 3 nitrogen and oxygen atoms in total. The third-order valence-electron chi connectivity index (χ3n) is 3.64. The Hall–Kier alpha value is 1.71. The van der Waals surface area contributed by atoms with Crippen LogP contribution in [0.3, 0.4) is 0 Å². The van der Waals surface area contributed by atoms with Gasteiger partial charge in [-0.25, -0.2) is 0 Å². The average Bonchev–Trinajstić information content (AvgIpc) is 3.15. The van der Waals surface area contributed by atoms with E-state index in [2.05, 4.69) is 4.52 Å². The molecule has 3 aliphatic rings. The van der Waals surface area contributed by atoms with Gasteiger partial charge >= 0.3 is 161 Å². The average molecular weight is 478 g/mol. The zero-order valence-corrected chi connectivity index (χ0v) is 18.0. The van der Waals surface area contributed by atoms with Gasteiger partial charge in [0.25, 0.3) is 0 Å². The maximum atomic E-state index is 7.36. The van der Waals surface area contributed by atoms with Crippen LogP contribution >= 0.6 is 88.3 Å². The summed E-state index contributed by atoms with van der Waals surface area (Å²) in [5, 5.41) is 1.72. The van der Waals surface area contributed by atoms with Crippen LogP contribution in [0.2, 0.25) is 0 Å². The molecule has 22 heavy (non-hydrogen) atoms. The number of nitrogens with zero attached hydrogens (tertiary/aromatic N) is 3. The Morgan fingerprint density at radius 1 is 1.09 bits per heavy atom. The Morgan fingerprint density at radius 2 is 1.59 bits per heavy atom. The predicted molar refractivity (Wildman–Crippen MR) is 106 cm³/mol. The molecule has 1 heterocycles. The summed E-state index contributed by atoms with van der Waals surface area (Å²) in [5.74, 6) is -3.09. The van der Waals surface area contributed by atoms with E-state index in [0.717, 1.165) is 10.6 Å². The summed E-state index contributed by atoms with van der Waals surface area (Å²) >= 11 is 39.8. The second-order valence-corrected chi connectivity index (χ2v) is 19.9. The molecule has 0 N–H and O–H groups in total. The molecular weight excluding hydrogens is 468 g/mol. The molecule has 1 aliphatic heterocycles. The Morgan fingerprint density at radius 3 is 2.00 bits per heavy atom. The zero-order valence-electron chi connectivity index (χ0n) is 10.8. The van der Waals surface area contributed by atoms with Crippen molar-refractivity contribution in [3.63, 3.8) is 0 Å². The van der Waals surface area contributed by atoms with E-state index in [9.17, 15) is 0 Å². The Kier molecular flexibility index (Phi) is 5.17. The van der Waals surface area contributed by atoms with E-state index < -0.39 is 19.7 Å². The Labute approximate surface area is 159 Å². The number of halogens is 6. The molecule has 122 valence electrons. The summed E-state index contributed by atoms with van der Waals surface area (Å²) in [5.41, 5.74) is 0. The van der Waals surface area contributed by atoms with E-state index in [1.165, 1.54) is 7.92 Å². The molecule has 0 radical (unpaired) electrons. The number of allylic oxidation sites excluding steroid dienone is 8. The van der Waals surface area contributed by atoms with Crippen molar-refractivity contribution in [1.29, 1.82) is 0 Å². The first-order chi connectivity index (χ1) is 10.2. The van der Waals surface area contributed by atoms with Crippen LogP contribution in [0.15, 0.2) is 51.6 Å². The topological polar surface area (TPSA) is 18.8 Å². The molecule has 3 rings (SSSR count). The fourth-order valence-corrected chi connectivity index (χ4v) is 23.9. The van der Waals surface area contributed by atoms with Gasteiger partial charge in [-0.15, -0.1) is 0 Å². The molecule has 0 saturated heterocycles. The first-order valence-corrected chi connectivity index (χ1v) is 15.5. The quantitative estimate of drug-likeness (QED) is 0.292. The van der Waals surface area contributed by atoms with E-state index in [1.807, 2.05) is 36.5 Å². The van der Waals surface area contributed by atoms with Crippen molar-refractivity contribution >= 4 is 88.3 Å². The van der Waals surface area contributed by atoms with Crippen LogP contribution < -0.4 is 0 Å². The van der Waals surface area contributed by atoms with Gasteiger partial charge in [-0.05, 0) is 0 Å². The molecule has 1 unspecified atom stereocenters. The molecule has 0 aromatic carbocycles. The van der Waals surface area contributed by atoms with Gasteiger partial charge in [0, 0.05) is 0 Å². The van der Waals surface area contributed by atoms with E-state index in [-0.39, 0.29) is 0 Å². The van der Waals surface area contributed by atoms with Crippen molar-refractivity contribution in [2.75, 3.05) is 0 Å². The maximum absolute atomic E-state index is 7.36. The molecule has 0 amide bonds. The summed E-state index contributed by atoms with van der Waals surface area (Å²) in [7, 11) is -1.69. The van der Waals surface area contributed by atoms with Gasteiger partial charge in [-0.1, -0.05) is 0 Å².